The quantitative estimate of drug-likeness (QED) is 0.848. The van der Waals surface area contributed by atoms with Crippen molar-refractivity contribution in [1.29, 1.82) is 0 Å². The second-order valence-corrected chi connectivity index (χ2v) is 6.53. The van der Waals surface area contributed by atoms with E-state index in [2.05, 4.69) is 53.1 Å². The summed E-state index contributed by atoms with van der Waals surface area (Å²) >= 11 is 0. The molecule has 0 bridgehead atoms. The fraction of sp³-hybridized carbons (Fsp3) is 0.529. The van der Waals surface area contributed by atoms with E-state index in [9.17, 15) is 0 Å². The van der Waals surface area contributed by atoms with Crippen molar-refractivity contribution in [2.75, 3.05) is 33.7 Å². The maximum Gasteiger partial charge on any atom is 0.241 e. The second kappa shape index (κ2) is 6.58. The van der Waals surface area contributed by atoms with Gasteiger partial charge in [0.15, 0.2) is 0 Å². The summed E-state index contributed by atoms with van der Waals surface area (Å²) in [4.78, 5) is 9.21. The molecule has 1 aliphatic heterocycles. The normalized spacial score (nSPS) is 19.2. The molecule has 118 valence electrons. The van der Waals surface area contributed by atoms with Gasteiger partial charge in [-0.3, -0.25) is 4.90 Å². The lowest BCUT2D eigenvalue weighted by atomic mass is 10.1. The minimum absolute atomic E-state index is 0.683. The number of aryl methyl sites for hydroxylation is 1. The molecule has 0 radical (unpaired) electrons. The molecule has 1 aromatic heterocycles. The van der Waals surface area contributed by atoms with Crippen LogP contribution in [-0.4, -0.2) is 53.7 Å². The monoisotopic (exact) mass is 300 g/mol. The van der Waals surface area contributed by atoms with Crippen molar-refractivity contribution in [1.82, 2.24) is 19.9 Å². The van der Waals surface area contributed by atoms with Crippen LogP contribution in [-0.2, 0) is 6.54 Å². The van der Waals surface area contributed by atoms with Gasteiger partial charge in [0.1, 0.15) is 0 Å². The van der Waals surface area contributed by atoms with Crippen LogP contribution < -0.4 is 0 Å². The van der Waals surface area contributed by atoms with Crippen molar-refractivity contribution in [3.05, 3.63) is 35.7 Å². The van der Waals surface area contributed by atoms with E-state index in [0.29, 0.717) is 11.7 Å². The first-order valence-corrected chi connectivity index (χ1v) is 7.87. The van der Waals surface area contributed by atoms with Crippen molar-refractivity contribution in [3.8, 4) is 11.4 Å². The molecule has 1 aliphatic rings. The Hall–Kier alpha value is -1.72. The van der Waals surface area contributed by atoms with Gasteiger partial charge in [0.05, 0.1) is 6.54 Å². The van der Waals surface area contributed by atoms with E-state index in [-0.39, 0.29) is 0 Å². The standard InChI is InChI=1S/C17H24N4O/c1-13-5-4-6-15(9-13)17-18-16(22-19-17)12-21-8-7-14(11-21)10-20(2)3/h4-6,9,14H,7-8,10-12H2,1-3H3. The van der Waals surface area contributed by atoms with Crippen molar-refractivity contribution in [2.45, 2.75) is 19.9 Å². The summed E-state index contributed by atoms with van der Waals surface area (Å²) in [5, 5.41) is 4.12. The topological polar surface area (TPSA) is 45.4 Å². The number of likely N-dealkylation sites (tertiary alicyclic amines) is 1. The van der Waals surface area contributed by atoms with Gasteiger partial charge < -0.3 is 9.42 Å². The molecular weight excluding hydrogens is 276 g/mol. The van der Waals surface area contributed by atoms with Crippen LogP contribution in [0.3, 0.4) is 0 Å². The number of hydrogen-bond acceptors (Lipinski definition) is 5. The molecule has 0 N–H and O–H groups in total. The van der Waals surface area contributed by atoms with Gasteiger partial charge in [-0.25, -0.2) is 0 Å². The minimum atomic E-state index is 0.683. The zero-order valence-corrected chi connectivity index (χ0v) is 13.6. The average Bonchev–Trinajstić information content (AvgIpc) is 3.08. The van der Waals surface area contributed by atoms with E-state index >= 15 is 0 Å². The largest absolute Gasteiger partial charge is 0.338 e. The SMILES string of the molecule is Cc1cccc(-c2noc(CN3CCC(CN(C)C)C3)n2)c1. The Labute approximate surface area is 131 Å². The first-order chi connectivity index (χ1) is 10.6. The number of benzene rings is 1. The zero-order chi connectivity index (χ0) is 15.5. The summed E-state index contributed by atoms with van der Waals surface area (Å²) in [6, 6.07) is 8.19. The third kappa shape index (κ3) is 3.72. The average molecular weight is 300 g/mol. The minimum Gasteiger partial charge on any atom is -0.338 e. The van der Waals surface area contributed by atoms with Gasteiger partial charge in [0.25, 0.3) is 0 Å². The Morgan fingerprint density at radius 1 is 1.36 bits per heavy atom. The van der Waals surface area contributed by atoms with Crippen molar-refractivity contribution < 1.29 is 4.52 Å². The van der Waals surface area contributed by atoms with Gasteiger partial charge >= 0.3 is 0 Å². The number of aromatic nitrogens is 2. The molecule has 0 spiro atoms. The van der Waals surface area contributed by atoms with Crippen LogP contribution in [0.2, 0.25) is 0 Å². The molecule has 2 heterocycles. The Balaban J connectivity index is 1.61. The van der Waals surface area contributed by atoms with E-state index in [4.69, 9.17) is 4.52 Å². The van der Waals surface area contributed by atoms with Crippen molar-refractivity contribution >= 4 is 0 Å². The third-order valence-electron chi connectivity index (χ3n) is 4.10. The molecule has 1 atom stereocenters. The molecule has 1 aromatic carbocycles. The van der Waals surface area contributed by atoms with Crippen LogP contribution >= 0.6 is 0 Å². The highest BCUT2D eigenvalue weighted by Crippen LogP contribution is 2.21. The third-order valence-corrected chi connectivity index (χ3v) is 4.10. The summed E-state index contributed by atoms with van der Waals surface area (Å²) in [5.41, 5.74) is 2.22. The molecular formula is C17H24N4O. The molecule has 3 rings (SSSR count). The smallest absolute Gasteiger partial charge is 0.241 e. The molecule has 5 nitrogen and oxygen atoms in total. The van der Waals surface area contributed by atoms with Crippen LogP contribution in [0.15, 0.2) is 28.8 Å². The number of nitrogens with zero attached hydrogens (tertiary/aromatic N) is 4. The molecule has 22 heavy (non-hydrogen) atoms. The predicted molar refractivity (Wildman–Crippen MR) is 86.4 cm³/mol. The van der Waals surface area contributed by atoms with Gasteiger partial charge in [-0.1, -0.05) is 28.9 Å². The maximum absolute atomic E-state index is 5.42. The molecule has 1 fully saturated rings. The van der Waals surface area contributed by atoms with Gasteiger partial charge in [0, 0.05) is 18.7 Å². The van der Waals surface area contributed by atoms with E-state index in [1.807, 2.05) is 12.1 Å². The summed E-state index contributed by atoms with van der Waals surface area (Å²) < 4.78 is 5.42. The van der Waals surface area contributed by atoms with Gasteiger partial charge in [0.2, 0.25) is 11.7 Å². The van der Waals surface area contributed by atoms with Gasteiger partial charge in [-0.2, -0.15) is 4.98 Å². The Kier molecular flexibility index (Phi) is 4.55. The zero-order valence-electron chi connectivity index (χ0n) is 13.6. The molecule has 0 saturated carbocycles. The first-order valence-electron chi connectivity index (χ1n) is 7.87. The summed E-state index contributed by atoms with van der Waals surface area (Å²) in [6.45, 7) is 6.19. The summed E-state index contributed by atoms with van der Waals surface area (Å²) in [5.74, 6) is 2.14. The van der Waals surface area contributed by atoms with Crippen LogP contribution in [0.1, 0.15) is 17.9 Å². The molecule has 0 aliphatic carbocycles. The van der Waals surface area contributed by atoms with Crippen LogP contribution in [0.25, 0.3) is 11.4 Å². The lowest BCUT2D eigenvalue weighted by Crippen LogP contribution is -2.25. The summed E-state index contributed by atoms with van der Waals surface area (Å²) in [7, 11) is 4.27. The number of hydrogen-bond donors (Lipinski definition) is 0. The Bertz CT molecular complexity index is 623. The molecule has 2 aromatic rings. The fourth-order valence-corrected chi connectivity index (χ4v) is 3.13. The second-order valence-electron chi connectivity index (χ2n) is 6.53. The molecule has 5 heteroatoms. The van der Waals surface area contributed by atoms with E-state index in [0.717, 1.165) is 37.7 Å². The fourth-order valence-electron chi connectivity index (χ4n) is 3.13. The van der Waals surface area contributed by atoms with Gasteiger partial charge in [-0.05, 0) is 46.0 Å². The Morgan fingerprint density at radius 3 is 3.00 bits per heavy atom. The van der Waals surface area contributed by atoms with Crippen molar-refractivity contribution in [3.63, 3.8) is 0 Å². The Morgan fingerprint density at radius 2 is 2.23 bits per heavy atom. The highest BCUT2D eigenvalue weighted by atomic mass is 16.5. The predicted octanol–water partition coefficient (Wildman–Crippen LogP) is 2.43. The van der Waals surface area contributed by atoms with Crippen LogP contribution in [0.4, 0.5) is 0 Å². The molecule has 1 unspecified atom stereocenters. The van der Waals surface area contributed by atoms with Crippen LogP contribution in [0.5, 0.6) is 0 Å². The highest BCUT2D eigenvalue weighted by Gasteiger charge is 2.24. The lowest BCUT2D eigenvalue weighted by molar-refractivity contribution is 0.250. The van der Waals surface area contributed by atoms with E-state index in [1.165, 1.54) is 12.0 Å². The van der Waals surface area contributed by atoms with Gasteiger partial charge in [-0.15, -0.1) is 0 Å². The van der Waals surface area contributed by atoms with Crippen molar-refractivity contribution in [2.24, 2.45) is 5.92 Å². The molecule has 1 saturated heterocycles. The first kappa shape index (κ1) is 15.2. The summed E-state index contributed by atoms with van der Waals surface area (Å²) in [6.07, 6.45) is 1.25. The van der Waals surface area contributed by atoms with Crippen LogP contribution in [0, 0.1) is 12.8 Å². The number of rotatable bonds is 5. The lowest BCUT2D eigenvalue weighted by Gasteiger charge is -2.16. The van der Waals surface area contributed by atoms with E-state index < -0.39 is 0 Å². The highest BCUT2D eigenvalue weighted by molar-refractivity contribution is 5.55. The molecule has 0 amide bonds. The maximum atomic E-state index is 5.42. The van der Waals surface area contributed by atoms with E-state index in [1.54, 1.807) is 0 Å².